The fourth-order valence-corrected chi connectivity index (χ4v) is 2.39. The molecule has 0 saturated heterocycles. The maximum Gasteiger partial charge on any atom is 0.337 e. The smallest absolute Gasteiger partial charge is 0.337 e. The zero-order valence-electron chi connectivity index (χ0n) is 11.6. The van der Waals surface area contributed by atoms with Gasteiger partial charge in [-0.2, -0.15) is 0 Å². The molecule has 1 amide bonds. The number of aromatic nitrogens is 1. The van der Waals surface area contributed by atoms with Gasteiger partial charge in [0.25, 0.3) is 5.91 Å². The molecular weight excluding hydrogens is 336 g/mol. The summed E-state index contributed by atoms with van der Waals surface area (Å²) < 4.78 is 2.47. The Labute approximate surface area is 130 Å². The molecule has 2 aromatic rings. The van der Waals surface area contributed by atoms with Crippen molar-refractivity contribution in [1.82, 2.24) is 4.57 Å². The van der Waals surface area contributed by atoms with Crippen LogP contribution in [0.5, 0.6) is 0 Å². The van der Waals surface area contributed by atoms with Crippen molar-refractivity contribution in [2.24, 2.45) is 0 Å². The maximum atomic E-state index is 12.3. The first-order valence-electron chi connectivity index (χ1n) is 6.41. The minimum absolute atomic E-state index is 0.0420. The van der Waals surface area contributed by atoms with Crippen LogP contribution in [0, 0.1) is 0 Å². The molecule has 1 aromatic heterocycles. The molecule has 0 bridgehead atoms. The molecule has 21 heavy (non-hydrogen) atoms. The Balaban J connectivity index is 2.32. The van der Waals surface area contributed by atoms with Crippen molar-refractivity contribution in [3.63, 3.8) is 0 Å². The number of anilines is 1. The highest BCUT2D eigenvalue weighted by Crippen LogP contribution is 2.22. The molecule has 5 nitrogen and oxygen atoms in total. The van der Waals surface area contributed by atoms with Gasteiger partial charge in [0.05, 0.1) is 11.3 Å². The number of hydrogen-bond acceptors (Lipinski definition) is 2. The highest BCUT2D eigenvalue weighted by molar-refractivity contribution is 9.10. The number of aromatic carboxylic acids is 1. The molecule has 0 saturated carbocycles. The summed E-state index contributed by atoms with van der Waals surface area (Å²) in [5.74, 6) is -1.43. The maximum absolute atomic E-state index is 12.3. The lowest BCUT2D eigenvalue weighted by Crippen LogP contribution is -2.19. The minimum Gasteiger partial charge on any atom is -0.478 e. The molecule has 0 spiro atoms. The summed E-state index contributed by atoms with van der Waals surface area (Å²) in [7, 11) is 0. The number of amides is 1. The normalized spacial score (nSPS) is 10.7. The first kappa shape index (κ1) is 15.3. The zero-order chi connectivity index (χ0) is 15.6. The summed E-state index contributed by atoms with van der Waals surface area (Å²) >= 11 is 3.22. The fraction of sp³-hybridized carbons (Fsp3) is 0.200. The van der Waals surface area contributed by atoms with Crippen molar-refractivity contribution < 1.29 is 14.7 Å². The molecule has 1 aromatic carbocycles. The van der Waals surface area contributed by atoms with E-state index in [-0.39, 0.29) is 23.2 Å². The lowest BCUT2D eigenvalue weighted by molar-refractivity contribution is 0.0698. The second kappa shape index (κ2) is 6.13. The Bertz CT molecular complexity index is 692. The molecule has 1 heterocycles. The lowest BCUT2D eigenvalue weighted by Gasteiger charge is -2.14. The Morgan fingerprint density at radius 3 is 2.62 bits per heavy atom. The van der Waals surface area contributed by atoms with Crippen LogP contribution in [0.2, 0.25) is 0 Å². The first-order valence-corrected chi connectivity index (χ1v) is 7.20. The Morgan fingerprint density at radius 1 is 1.29 bits per heavy atom. The van der Waals surface area contributed by atoms with Gasteiger partial charge in [0.2, 0.25) is 0 Å². The average molecular weight is 351 g/mol. The summed E-state index contributed by atoms with van der Waals surface area (Å²) in [6.07, 6.45) is 1.82. The molecule has 0 aliphatic heterocycles. The highest BCUT2D eigenvalue weighted by atomic mass is 79.9. The molecule has 2 N–H and O–H groups in total. The molecule has 2 rings (SSSR count). The van der Waals surface area contributed by atoms with Gasteiger partial charge < -0.3 is 15.0 Å². The Kier molecular flexibility index (Phi) is 4.47. The zero-order valence-corrected chi connectivity index (χ0v) is 13.2. The van der Waals surface area contributed by atoms with E-state index < -0.39 is 5.97 Å². The van der Waals surface area contributed by atoms with E-state index >= 15 is 0 Å². The van der Waals surface area contributed by atoms with Gasteiger partial charge in [-0.3, -0.25) is 4.79 Å². The molecule has 0 fully saturated rings. The number of carbonyl (C=O) groups is 2. The van der Waals surface area contributed by atoms with Crippen molar-refractivity contribution in [1.29, 1.82) is 0 Å². The number of halogens is 1. The number of hydrogen-bond donors (Lipinski definition) is 2. The van der Waals surface area contributed by atoms with E-state index in [1.807, 2.05) is 24.6 Å². The van der Waals surface area contributed by atoms with Crippen LogP contribution >= 0.6 is 15.9 Å². The summed E-state index contributed by atoms with van der Waals surface area (Å²) in [5.41, 5.74) is 0.803. The molecule has 0 unspecified atom stereocenters. The van der Waals surface area contributed by atoms with Gasteiger partial charge in [0, 0.05) is 16.7 Å². The Hall–Kier alpha value is -2.08. The fourth-order valence-electron chi connectivity index (χ4n) is 2.03. The second-order valence-corrected chi connectivity index (χ2v) is 5.76. The number of benzene rings is 1. The van der Waals surface area contributed by atoms with Crippen LogP contribution in [0.3, 0.4) is 0 Å². The van der Waals surface area contributed by atoms with E-state index in [1.54, 1.807) is 24.3 Å². The van der Waals surface area contributed by atoms with Crippen LogP contribution in [-0.4, -0.2) is 21.6 Å². The van der Waals surface area contributed by atoms with Crippen molar-refractivity contribution in [3.05, 3.63) is 52.3 Å². The van der Waals surface area contributed by atoms with Crippen LogP contribution in [0.4, 0.5) is 5.69 Å². The van der Waals surface area contributed by atoms with E-state index in [0.717, 1.165) is 0 Å². The molecule has 0 radical (unpaired) electrons. The van der Waals surface area contributed by atoms with Crippen LogP contribution in [0.25, 0.3) is 0 Å². The summed E-state index contributed by atoms with van der Waals surface area (Å²) in [6, 6.07) is 8.34. The molecular formula is C15H15BrN2O3. The van der Waals surface area contributed by atoms with Crippen LogP contribution < -0.4 is 5.32 Å². The Morgan fingerprint density at radius 2 is 2.00 bits per heavy atom. The van der Waals surface area contributed by atoms with E-state index in [4.69, 9.17) is 0 Å². The van der Waals surface area contributed by atoms with Crippen molar-refractivity contribution in [3.8, 4) is 0 Å². The predicted octanol–water partition coefficient (Wildman–Crippen LogP) is 3.78. The van der Waals surface area contributed by atoms with E-state index in [1.165, 1.54) is 6.07 Å². The van der Waals surface area contributed by atoms with Crippen molar-refractivity contribution in [2.45, 2.75) is 19.9 Å². The lowest BCUT2D eigenvalue weighted by atomic mass is 10.1. The van der Waals surface area contributed by atoms with E-state index in [2.05, 4.69) is 21.2 Å². The quantitative estimate of drug-likeness (QED) is 0.881. The number of carboxylic acids is 1. The average Bonchev–Trinajstić information content (AvgIpc) is 2.90. The van der Waals surface area contributed by atoms with E-state index in [9.17, 15) is 14.7 Å². The number of carbonyl (C=O) groups excluding carboxylic acids is 1. The van der Waals surface area contributed by atoms with Crippen molar-refractivity contribution >= 4 is 33.5 Å². The molecule has 0 aliphatic carbocycles. The van der Waals surface area contributed by atoms with Crippen LogP contribution in [0.15, 0.2) is 41.0 Å². The third kappa shape index (κ3) is 3.33. The van der Waals surface area contributed by atoms with Gasteiger partial charge in [0.15, 0.2) is 0 Å². The van der Waals surface area contributed by atoms with Gasteiger partial charge in [-0.05, 0) is 44.2 Å². The third-order valence-corrected chi connectivity index (χ3v) is 3.52. The molecule has 110 valence electrons. The van der Waals surface area contributed by atoms with Gasteiger partial charge in [-0.25, -0.2) is 4.79 Å². The predicted molar refractivity (Wildman–Crippen MR) is 83.9 cm³/mol. The number of carboxylic acid groups (broad SMARTS) is 1. The van der Waals surface area contributed by atoms with Crippen molar-refractivity contribution in [2.75, 3.05) is 5.32 Å². The van der Waals surface area contributed by atoms with Crippen LogP contribution in [0.1, 0.15) is 40.7 Å². The summed E-state index contributed by atoms with van der Waals surface area (Å²) in [6.45, 7) is 3.94. The number of rotatable bonds is 4. The second-order valence-electron chi connectivity index (χ2n) is 4.84. The van der Waals surface area contributed by atoms with Gasteiger partial charge in [-0.1, -0.05) is 15.9 Å². The number of nitrogens with zero attached hydrogens (tertiary/aromatic N) is 1. The largest absolute Gasteiger partial charge is 0.478 e. The van der Waals surface area contributed by atoms with Crippen LogP contribution in [-0.2, 0) is 0 Å². The number of nitrogens with one attached hydrogen (secondary N) is 1. The summed E-state index contributed by atoms with van der Waals surface area (Å²) in [5, 5.41) is 11.9. The van der Waals surface area contributed by atoms with Gasteiger partial charge in [0.1, 0.15) is 5.69 Å². The summed E-state index contributed by atoms with van der Waals surface area (Å²) in [4.78, 5) is 23.6. The minimum atomic E-state index is -1.09. The monoisotopic (exact) mass is 350 g/mol. The highest BCUT2D eigenvalue weighted by Gasteiger charge is 2.17. The molecule has 0 aliphatic rings. The SMILES string of the molecule is CC(C)n1cccc1C(=O)Nc1ccc(Br)cc1C(=O)O. The van der Waals surface area contributed by atoms with Gasteiger partial charge >= 0.3 is 5.97 Å². The van der Waals surface area contributed by atoms with E-state index in [0.29, 0.717) is 10.2 Å². The molecule has 6 heteroatoms. The molecule has 0 atom stereocenters. The standard InChI is InChI=1S/C15H15BrN2O3/c1-9(2)18-7-3-4-13(18)14(19)17-12-6-5-10(16)8-11(12)15(20)21/h3-9H,1-2H3,(H,17,19)(H,20,21). The van der Waals surface area contributed by atoms with Gasteiger partial charge in [-0.15, -0.1) is 0 Å². The first-order chi connectivity index (χ1) is 9.90. The topological polar surface area (TPSA) is 71.3 Å². The third-order valence-electron chi connectivity index (χ3n) is 3.03.